The maximum Gasteiger partial charge on any atom is 0.309 e. The molecule has 3 aromatic rings. The second kappa shape index (κ2) is 11.3. The Morgan fingerprint density at radius 2 is 1.49 bits per heavy atom. The highest BCUT2D eigenvalue weighted by molar-refractivity contribution is 8.00. The smallest absolute Gasteiger partial charge is 0.309 e. The number of rotatable bonds is 8. The van der Waals surface area contributed by atoms with Crippen LogP contribution in [0.15, 0.2) is 82.6 Å². The van der Waals surface area contributed by atoms with E-state index in [-0.39, 0.29) is 10.8 Å². The van der Waals surface area contributed by atoms with Crippen LogP contribution in [0.5, 0.6) is 5.75 Å². The van der Waals surface area contributed by atoms with Gasteiger partial charge in [-0.15, -0.1) is 11.8 Å². The molecule has 4 rings (SSSR count). The Labute approximate surface area is 231 Å². The summed E-state index contributed by atoms with van der Waals surface area (Å²) in [5.74, 6) is -1.60. The van der Waals surface area contributed by atoms with E-state index in [2.05, 4.69) is 0 Å². The minimum atomic E-state index is -4.11. The molecule has 0 bridgehead atoms. The summed E-state index contributed by atoms with van der Waals surface area (Å²) in [6.45, 7) is 3.83. The number of ether oxygens (including phenoxy) is 1. The predicted molar refractivity (Wildman–Crippen MR) is 147 cm³/mol. The van der Waals surface area contributed by atoms with Crippen LogP contribution in [0, 0.1) is 11.8 Å². The maximum atomic E-state index is 14.2. The lowest BCUT2D eigenvalue weighted by Gasteiger charge is -2.33. The van der Waals surface area contributed by atoms with Gasteiger partial charge in [0.1, 0.15) is 5.75 Å². The fourth-order valence-electron chi connectivity index (χ4n) is 4.84. The van der Waals surface area contributed by atoms with Gasteiger partial charge in [-0.2, -0.15) is 4.31 Å². The highest BCUT2D eigenvalue weighted by atomic mass is 35.5. The first-order chi connectivity index (χ1) is 17.5. The summed E-state index contributed by atoms with van der Waals surface area (Å²) in [6.07, 6.45) is 0. The molecule has 1 fully saturated rings. The fourth-order valence-corrected chi connectivity index (χ4v) is 8.74. The molecule has 0 radical (unpaired) electrons. The molecule has 0 spiro atoms. The Bertz CT molecular complexity index is 1350. The van der Waals surface area contributed by atoms with E-state index in [1.54, 1.807) is 43.5 Å². The Kier molecular flexibility index (Phi) is 8.45. The number of carbonyl (C=O) groups is 1. The molecule has 37 heavy (non-hydrogen) atoms. The molecule has 4 atom stereocenters. The van der Waals surface area contributed by atoms with Gasteiger partial charge in [0.25, 0.3) is 0 Å². The average Bonchev–Trinajstić information content (AvgIpc) is 3.21. The molecule has 6 nitrogen and oxygen atoms in total. The van der Waals surface area contributed by atoms with E-state index in [1.165, 1.54) is 40.3 Å². The predicted octanol–water partition coefficient (Wildman–Crippen LogP) is 6.63. The second-order valence-corrected chi connectivity index (χ2v) is 13.1. The number of carboxylic acid groups (broad SMARTS) is 1. The van der Waals surface area contributed by atoms with Crippen LogP contribution < -0.4 is 4.74 Å². The fraction of sp³-hybridized carbons (Fsp3) is 0.296. The highest BCUT2D eigenvalue weighted by Crippen LogP contribution is 2.52. The van der Waals surface area contributed by atoms with Crippen LogP contribution in [0.25, 0.3) is 0 Å². The van der Waals surface area contributed by atoms with Gasteiger partial charge < -0.3 is 9.84 Å². The zero-order valence-corrected chi connectivity index (χ0v) is 23.6. The molecular weight excluding hydrogens is 553 g/mol. The van der Waals surface area contributed by atoms with Gasteiger partial charge in [-0.1, -0.05) is 49.2 Å². The molecule has 0 amide bonds. The van der Waals surface area contributed by atoms with Crippen molar-refractivity contribution in [2.45, 2.75) is 41.0 Å². The van der Waals surface area contributed by atoms with Crippen LogP contribution in [-0.4, -0.2) is 42.2 Å². The lowest BCUT2D eigenvalue weighted by Crippen LogP contribution is -2.43. The molecule has 1 aliphatic heterocycles. The van der Waals surface area contributed by atoms with E-state index in [4.69, 9.17) is 27.9 Å². The van der Waals surface area contributed by atoms with Gasteiger partial charge in [0.2, 0.25) is 10.0 Å². The van der Waals surface area contributed by atoms with Crippen molar-refractivity contribution in [3.05, 3.63) is 88.4 Å². The van der Waals surface area contributed by atoms with Gasteiger partial charge in [-0.3, -0.25) is 4.79 Å². The molecule has 1 N–H and O–H groups in total. The van der Waals surface area contributed by atoms with Gasteiger partial charge in [-0.25, -0.2) is 8.42 Å². The number of sulfonamides is 1. The van der Waals surface area contributed by atoms with Gasteiger partial charge in [0.15, 0.2) is 0 Å². The lowest BCUT2D eigenvalue weighted by molar-refractivity contribution is -0.142. The summed E-state index contributed by atoms with van der Waals surface area (Å²) >= 11 is 13.5. The standard InChI is InChI=1S/C27H27Cl2NO5S2/c1-16(2)24-26(36-21-12-10-20(35-3)11-13-21)23(27(31)32)25(17-4-6-18(28)7-5-17)30(24)37(33,34)22-14-8-19(29)9-15-22/h4-16,23-26H,1-3H3,(H,31,32)/t23-,24+,25-,26-/m0/s1. The molecule has 0 aliphatic carbocycles. The van der Waals surface area contributed by atoms with Gasteiger partial charge in [-0.05, 0) is 72.1 Å². The van der Waals surface area contributed by atoms with Crippen LogP contribution in [0.3, 0.4) is 0 Å². The number of aliphatic carboxylic acids is 1. The topological polar surface area (TPSA) is 83.9 Å². The van der Waals surface area contributed by atoms with E-state index in [0.29, 0.717) is 21.4 Å². The summed E-state index contributed by atoms with van der Waals surface area (Å²) in [6, 6.07) is 18.4. The SMILES string of the molecule is COc1ccc(S[C@H]2[C@@H](C(=O)O)[C@H](c3ccc(Cl)cc3)N(S(=O)(=O)c3ccc(Cl)cc3)[C@@H]2C(C)C)cc1. The second-order valence-electron chi connectivity index (χ2n) is 9.14. The van der Waals surface area contributed by atoms with E-state index >= 15 is 0 Å². The first-order valence-electron chi connectivity index (χ1n) is 11.6. The zero-order valence-electron chi connectivity index (χ0n) is 20.4. The number of halogens is 2. The first-order valence-corrected chi connectivity index (χ1v) is 14.7. The Morgan fingerprint density at radius 1 is 0.946 bits per heavy atom. The Morgan fingerprint density at radius 3 is 1.97 bits per heavy atom. The van der Waals surface area contributed by atoms with E-state index in [9.17, 15) is 18.3 Å². The molecule has 3 aromatic carbocycles. The van der Waals surface area contributed by atoms with Crippen LogP contribution in [0.4, 0.5) is 0 Å². The number of carboxylic acids is 1. The quantitative estimate of drug-likeness (QED) is 0.322. The Hall–Kier alpha value is -2.23. The Balaban J connectivity index is 1.91. The third-order valence-corrected chi connectivity index (χ3v) is 10.3. The zero-order chi connectivity index (χ0) is 26.9. The third-order valence-electron chi connectivity index (χ3n) is 6.50. The number of methoxy groups -OCH3 is 1. The molecule has 196 valence electrons. The summed E-state index contributed by atoms with van der Waals surface area (Å²) < 4.78 is 35.0. The van der Waals surface area contributed by atoms with Crippen molar-refractivity contribution >= 4 is 51.0 Å². The van der Waals surface area contributed by atoms with E-state index in [0.717, 1.165) is 4.90 Å². The van der Waals surface area contributed by atoms with Crippen molar-refractivity contribution in [3.63, 3.8) is 0 Å². The molecule has 1 saturated heterocycles. The van der Waals surface area contributed by atoms with Crippen LogP contribution in [0.1, 0.15) is 25.5 Å². The van der Waals surface area contributed by atoms with Crippen molar-refractivity contribution in [3.8, 4) is 5.75 Å². The third kappa shape index (κ3) is 5.64. The minimum Gasteiger partial charge on any atom is -0.497 e. The van der Waals surface area contributed by atoms with Gasteiger partial charge >= 0.3 is 5.97 Å². The van der Waals surface area contributed by atoms with Crippen molar-refractivity contribution in [1.82, 2.24) is 4.31 Å². The van der Waals surface area contributed by atoms with Crippen molar-refractivity contribution in [1.29, 1.82) is 0 Å². The molecule has 10 heteroatoms. The summed E-state index contributed by atoms with van der Waals surface area (Å²) in [5, 5.41) is 10.8. The van der Waals surface area contributed by atoms with Gasteiger partial charge in [0, 0.05) is 26.2 Å². The van der Waals surface area contributed by atoms with Crippen molar-refractivity contribution in [2.24, 2.45) is 11.8 Å². The average molecular weight is 581 g/mol. The van der Waals surface area contributed by atoms with Crippen molar-refractivity contribution in [2.75, 3.05) is 7.11 Å². The van der Waals surface area contributed by atoms with E-state index in [1.807, 2.05) is 26.0 Å². The number of hydrogen-bond acceptors (Lipinski definition) is 5. The van der Waals surface area contributed by atoms with Crippen molar-refractivity contribution < 1.29 is 23.1 Å². The van der Waals surface area contributed by atoms with Crippen LogP contribution in [0.2, 0.25) is 10.0 Å². The van der Waals surface area contributed by atoms with E-state index < -0.39 is 39.2 Å². The molecule has 0 unspecified atom stereocenters. The highest BCUT2D eigenvalue weighted by Gasteiger charge is 2.58. The summed E-state index contributed by atoms with van der Waals surface area (Å²) in [4.78, 5) is 13.8. The largest absolute Gasteiger partial charge is 0.497 e. The number of nitrogens with zero attached hydrogens (tertiary/aromatic N) is 1. The molecular formula is C27H27Cl2NO5S2. The monoisotopic (exact) mass is 579 g/mol. The molecule has 0 saturated carbocycles. The number of hydrogen-bond donors (Lipinski definition) is 1. The first kappa shape index (κ1) is 27.8. The molecule has 1 heterocycles. The number of benzene rings is 3. The number of thioether (sulfide) groups is 1. The van der Waals surface area contributed by atoms with Crippen LogP contribution >= 0.6 is 35.0 Å². The summed E-state index contributed by atoms with van der Waals surface area (Å²) in [7, 11) is -2.54. The summed E-state index contributed by atoms with van der Waals surface area (Å²) in [5.41, 5.74) is 0.567. The van der Waals surface area contributed by atoms with Crippen LogP contribution in [-0.2, 0) is 14.8 Å². The molecule has 1 aliphatic rings. The normalized spacial score (nSPS) is 22.3. The minimum absolute atomic E-state index is 0.0562. The maximum absolute atomic E-state index is 14.2. The molecule has 0 aromatic heterocycles. The lowest BCUT2D eigenvalue weighted by atomic mass is 9.91. The van der Waals surface area contributed by atoms with Gasteiger partial charge in [0.05, 0.1) is 24.0 Å².